The molecule has 90 valence electrons. The van der Waals surface area contributed by atoms with Gasteiger partial charge in [-0.25, -0.2) is 8.78 Å². The smallest absolute Gasteiger partial charge is 0.127 e. The van der Waals surface area contributed by atoms with E-state index in [0.29, 0.717) is 12.0 Å². The molecular formula is C15H16F2. The number of hydrogen-bond acceptors (Lipinski definition) is 0. The minimum absolute atomic E-state index is 0.181. The summed E-state index contributed by atoms with van der Waals surface area (Å²) in [4.78, 5) is 0. The van der Waals surface area contributed by atoms with Crippen molar-refractivity contribution in [3.05, 3.63) is 47.0 Å². The molecule has 0 atom stereocenters. The van der Waals surface area contributed by atoms with E-state index in [9.17, 15) is 8.78 Å². The molecule has 17 heavy (non-hydrogen) atoms. The number of benzene rings is 2. The molecule has 2 aromatic carbocycles. The highest BCUT2D eigenvalue weighted by Crippen LogP contribution is 2.31. The van der Waals surface area contributed by atoms with Crippen molar-refractivity contribution in [2.75, 3.05) is 0 Å². The maximum Gasteiger partial charge on any atom is 0.127 e. The first kappa shape index (κ1) is 12.0. The van der Waals surface area contributed by atoms with Crippen LogP contribution in [0.2, 0.25) is 0 Å². The molecule has 0 nitrogen and oxygen atoms in total. The zero-order valence-electron chi connectivity index (χ0n) is 10.3. The highest BCUT2D eigenvalue weighted by Gasteiger charge is 2.13. The number of aryl methyl sites for hydroxylation is 1. The molecule has 2 aromatic rings. The largest absolute Gasteiger partial charge is 0.207 e. The Hall–Kier alpha value is -1.44. The van der Waals surface area contributed by atoms with Crippen molar-refractivity contribution in [2.45, 2.75) is 33.1 Å². The fourth-order valence-electron chi connectivity index (χ4n) is 2.31. The molecule has 0 N–H and O–H groups in total. The molecule has 0 saturated carbocycles. The summed E-state index contributed by atoms with van der Waals surface area (Å²) in [6.07, 6.45) is 0.620. The van der Waals surface area contributed by atoms with E-state index in [1.807, 2.05) is 20.8 Å². The number of rotatable bonds is 2. The predicted molar refractivity (Wildman–Crippen MR) is 67.3 cm³/mol. The summed E-state index contributed by atoms with van der Waals surface area (Å²) < 4.78 is 27.3. The average molecular weight is 234 g/mol. The van der Waals surface area contributed by atoms with Crippen molar-refractivity contribution in [1.29, 1.82) is 0 Å². The quantitative estimate of drug-likeness (QED) is 0.700. The maximum absolute atomic E-state index is 13.8. The standard InChI is InChI=1S/C15H16F2/c1-4-12-14(17)6-5-10-7-11(16)8-13(9(2)3)15(10)12/h5-9H,4H2,1-3H3. The van der Waals surface area contributed by atoms with Gasteiger partial charge in [0.05, 0.1) is 0 Å². The van der Waals surface area contributed by atoms with Crippen LogP contribution in [0.15, 0.2) is 24.3 Å². The molecule has 2 heteroatoms. The third-order valence-corrected chi connectivity index (χ3v) is 3.14. The molecule has 0 heterocycles. The normalized spacial score (nSPS) is 11.4. The maximum atomic E-state index is 13.8. The Labute approximate surface area is 100 Å². The van der Waals surface area contributed by atoms with E-state index < -0.39 is 0 Å². The van der Waals surface area contributed by atoms with E-state index in [-0.39, 0.29) is 17.6 Å². The van der Waals surface area contributed by atoms with Gasteiger partial charge in [-0.3, -0.25) is 0 Å². The second kappa shape index (κ2) is 4.44. The van der Waals surface area contributed by atoms with Crippen molar-refractivity contribution in [1.82, 2.24) is 0 Å². The molecule has 0 unspecified atom stereocenters. The summed E-state index contributed by atoms with van der Waals surface area (Å²) in [5.74, 6) is -0.274. The van der Waals surface area contributed by atoms with Crippen molar-refractivity contribution in [3.8, 4) is 0 Å². The number of hydrogen-bond donors (Lipinski definition) is 0. The Kier molecular flexibility index (Phi) is 3.14. The molecule has 2 rings (SSSR count). The third kappa shape index (κ3) is 2.04. The Balaban J connectivity index is 2.91. The van der Waals surface area contributed by atoms with Crippen molar-refractivity contribution < 1.29 is 8.78 Å². The molecule has 0 bridgehead atoms. The van der Waals surface area contributed by atoms with Gasteiger partial charge in [0.15, 0.2) is 0 Å². The van der Waals surface area contributed by atoms with Gasteiger partial charge >= 0.3 is 0 Å². The first-order chi connectivity index (χ1) is 8.04. The summed E-state index contributed by atoms with van der Waals surface area (Å²) in [5, 5.41) is 1.66. The molecule has 0 aliphatic heterocycles. The molecular weight excluding hydrogens is 218 g/mol. The summed E-state index contributed by atoms with van der Waals surface area (Å²) >= 11 is 0. The van der Waals surface area contributed by atoms with Crippen LogP contribution in [-0.2, 0) is 6.42 Å². The van der Waals surface area contributed by atoms with Crippen molar-refractivity contribution in [2.24, 2.45) is 0 Å². The fourth-order valence-corrected chi connectivity index (χ4v) is 2.31. The number of halogens is 2. The topological polar surface area (TPSA) is 0 Å². The highest BCUT2D eigenvalue weighted by molar-refractivity contribution is 5.89. The summed E-state index contributed by atoms with van der Waals surface area (Å²) in [7, 11) is 0. The van der Waals surface area contributed by atoms with Crippen LogP contribution in [-0.4, -0.2) is 0 Å². The number of fused-ring (bicyclic) bond motifs is 1. The SMILES string of the molecule is CCc1c(F)ccc2cc(F)cc(C(C)C)c12. The lowest BCUT2D eigenvalue weighted by molar-refractivity contribution is 0.612. The molecule has 0 radical (unpaired) electrons. The van der Waals surface area contributed by atoms with Crippen LogP contribution in [0.25, 0.3) is 10.8 Å². The van der Waals surface area contributed by atoms with Gasteiger partial charge in [-0.05, 0) is 52.4 Å². The molecule has 0 fully saturated rings. The Bertz CT molecular complexity index is 556. The Morgan fingerprint density at radius 2 is 1.82 bits per heavy atom. The lowest BCUT2D eigenvalue weighted by Crippen LogP contribution is -1.98. The van der Waals surface area contributed by atoms with E-state index in [0.717, 1.165) is 16.3 Å². The predicted octanol–water partition coefficient (Wildman–Crippen LogP) is 4.80. The van der Waals surface area contributed by atoms with Crippen LogP contribution in [0.3, 0.4) is 0 Å². The first-order valence-corrected chi connectivity index (χ1v) is 5.95. The summed E-state index contributed by atoms with van der Waals surface area (Å²) in [5.41, 5.74) is 1.57. The van der Waals surface area contributed by atoms with Gasteiger partial charge < -0.3 is 0 Å². The molecule has 0 spiro atoms. The molecule has 0 amide bonds. The highest BCUT2D eigenvalue weighted by atomic mass is 19.1. The average Bonchev–Trinajstić information content (AvgIpc) is 2.28. The minimum atomic E-state index is -0.255. The zero-order valence-corrected chi connectivity index (χ0v) is 10.3. The van der Waals surface area contributed by atoms with Crippen LogP contribution in [0.4, 0.5) is 8.78 Å². The van der Waals surface area contributed by atoms with Gasteiger partial charge in [0.2, 0.25) is 0 Å². The first-order valence-electron chi connectivity index (χ1n) is 5.95. The second-order valence-electron chi connectivity index (χ2n) is 4.63. The van der Waals surface area contributed by atoms with Gasteiger partial charge in [-0.15, -0.1) is 0 Å². The minimum Gasteiger partial charge on any atom is -0.207 e. The molecule has 0 aromatic heterocycles. The van der Waals surface area contributed by atoms with Gasteiger partial charge in [-0.1, -0.05) is 26.8 Å². The van der Waals surface area contributed by atoms with Crippen molar-refractivity contribution in [3.63, 3.8) is 0 Å². The third-order valence-electron chi connectivity index (χ3n) is 3.14. The Morgan fingerprint density at radius 1 is 1.12 bits per heavy atom. The second-order valence-corrected chi connectivity index (χ2v) is 4.63. The monoisotopic (exact) mass is 234 g/mol. The zero-order chi connectivity index (χ0) is 12.6. The van der Waals surface area contributed by atoms with Gasteiger partial charge in [0.25, 0.3) is 0 Å². The van der Waals surface area contributed by atoms with Crippen LogP contribution in [0.1, 0.15) is 37.8 Å². The lowest BCUT2D eigenvalue weighted by atomic mass is 9.91. The van der Waals surface area contributed by atoms with Crippen LogP contribution in [0.5, 0.6) is 0 Å². The van der Waals surface area contributed by atoms with Gasteiger partial charge in [-0.2, -0.15) is 0 Å². The van der Waals surface area contributed by atoms with Crippen LogP contribution in [0, 0.1) is 11.6 Å². The van der Waals surface area contributed by atoms with E-state index in [1.165, 1.54) is 18.2 Å². The summed E-state index contributed by atoms with van der Waals surface area (Å²) in [6.45, 7) is 5.92. The van der Waals surface area contributed by atoms with Gasteiger partial charge in [0, 0.05) is 0 Å². The fraction of sp³-hybridized carbons (Fsp3) is 0.333. The van der Waals surface area contributed by atoms with Crippen LogP contribution >= 0.6 is 0 Å². The summed E-state index contributed by atoms with van der Waals surface area (Å²) in [6, 6.07) is 6.06. The van der Waals surface area contributed by atoms with E-state index in [2.05, 4.69) is 0 Å². The van der Waals surface area contributed by atoms with E-state index in [1.54, 1.807) is 6.07 Å². The lowest BCUT2D eigenvalue weighted by Gasteiger charge is -2.14. The molecule has 0 saturated heterocycles. The molecule has 0 aliphatic rings. The van der Waals surface area contributed by atoms with Gasteiger partial charge in [0.1, 0.15) is 11.6 Å². The van der Waals surface area contributed by atoms with E-state index >= 15 is 0 Å². The van der Waals surface area contributed by atoms with Crippen molar-refractivity contribution >= 4 is 10.8 Å². The molecule has 0 aliphatic carbocycles. The Morgan fingerprint density at radius 3 is 2.41 bits per heavy atom. The van der Waals surface area contributed by atoms with Crippen LogP contribution < -0.4 is 0 Å². The van der Waals surface area contributed by atoms with E-state index in [4.69, 9.17) is 0 Å².